The van der Waals surface area contributed by atoms with Crippen LogP contribution in [0.25, 0.3) is 17.0 Å². The van der Waals surface area contributed by atoms with Crippen LogP contribution in [0.3, 0.4) is 0 Å². The number of amides is 1. The fourth-order valence-electron chi connectivity index (χ4n) is 2.92. The van der Waals surface area contributed by atoms with Gasteiger partial charge in [0, 0.05) is 28.4 Å². The lowest BCUT2D eigenvalue weighted by Gasteiger charge is -2.18. The molecule has 2 aromatic heterocycles. The third-order valence-corrected chi connectivity index (χ3v) is 5.41. The number of ether oxygens (including phenoxy) is 2. The topological polar surface area (TPSA) is 84.5 Å². The second kappa shape index (κ2) is 8.91. The molecule has 7 nitrogen and oxygen atoms in total. The number of thiophene rings is 1. The number of hydrogen-bond acceptors (Lipinski definition) is 6. The molecule has 29 heavy (non-hydrogen) atoms. The minimum absolute atomic E-state index is 0.145. The molecule has 0 bridgehead atoms. The van der Waals surface area contributed by atoms with Crippen molar-refractivity contribution < 1.29 is 14.3 Å². The zero-order valence-electron chi connectivity index (χ0n) is 16.8. The Morgan fingerprint density at radius 3 is 2.59 bits per heavy atom. The fourth-order valence-corrected chi connectivity index (χ4v) is 3.70. The van der Waals surface area contributed by atoms with Gasteiger partial charge in [-0.3, -0.25) is 9.59 Å². The highest BCUT2D eigenvalue weighted by molar-refractivity contribution is 7.12. The average Bonchev–Trinajstić information content (AvgIpc) is 3.14. The molecule has 0 aliphatic heterocycles. The smallest absolute Gasteiger partial charge is 0.258 e. The lowest BCUT2D eigenvalue weighted by Crippen LogP contribution is -2.30. The van der Waals surface area contributed by atoms with Crippen LogP contribution in [0.2, 0.25) is 0 Å². The first-order chi connectivity index (χ1) is 13.9. The van der Waals surface area contributed by atoms with Crippen molar-refractivity contribution in [3.8, 4) is 11.5 Å². The van der Waals surface area contributed by atoms with Crippen LogP contribution in [0.15, 0.2) is 35.1 Å². The quantitative estimate of drug-likeness (QED) is 0.601. The van der Waals surface area contributed by atoms with E-state index in [-0.39, 0.29) is 18.0 Å². The fraction of sp³-hybridized carbons (Fsp3) is 0.286. The number of carbonyl (C=O) groups excluding carboxylic acids is 1. The van der Waals surface area contributed by atoms with E-state index in [4.69, 9.17) is 9.47 Å². The van der Waals surface area contributed by atoms with Gasteiger partial charge in [0.15, 0.2) is 11.5 Å². The van der Waals surface area contributed by atoms with E-state index in [0.717, 1.165) is 4.88 Å². The third-order valence-electron chi connectivity index (χ3n) is 4.45. The van der Waals surface area contributed by atoms with Gasteiger partial charge in [-0.25, -0.2) is 4.98 Å². The van der Waals surface area contributed by atoms with E-state index >= 15 is 0 Å². The summed E-state index contributed by atoms with van der Waals surface area (Å²) in [5.74, 6) is 1.21. The molecule has 2 heterocycles. The molecule has 8 heteroatoms. The maximum absolute atomic E-state index is 12.6. The van der Waals surface area contributed by atoms with E-state index in [1.807, 2.05) is 26.0 Å². The first-order valence-corrected chi connectivity index (χ1v) is 9.95. The lowest BCUT2D eigenvalue weighted by molar-refractivity contribution is -0.126. The SMILES string of the molecule is CCN(Cc1nc2cc(OC)c(OC)cc2c(=O)[nH]1)C(=O)/C=C/c1ccc(C)s1. The van der Waals surface area contributed by atoms with Crippen molar-refractivity contribution in [2.24, 2.45) is 0 Å². The monoisotopic (exact) mass is 413 g/mol. The van der Waals surface area contributed by atoms with Crippen LogP contribution >= 0.6 is 11.3 Å². The van der Waals surface area contributed by atoms with E-state index in [0.29, 0.717) is 34.8 Å². The Hall–Kier alpha value is -3.13. The zero-order valence-corrected chi connectivity index (χ0v) is 17.6. The summed E-state index contributed by atoms with van der Waals surface area (Å²) in [6.07, 6.45) is 3.35. The number of H-pyrrole nitrogens is 1. The highest BCUT2D eigenvalue weighted by Gasteiger charge is 2.14. The summed E-state index contributed by atoms with van der Waals surface area (Å²) in [5, 5.41) is 0.397. The molecule has 152 valence electrons. The van der Waals surface area contributed by atoms with Gasteiger partial charge in [0.25, 0.3) is 5.56 Å². The third kappa shape index (κ3) is 4.65. The summed E-state index contributed by atoms with van der Waals surface area (Å²) >= 11 is 1.62. The first kappa shape index (κ1) is 20.6. The van der Waals surface area contributed by atoms with Crippen molar-refractivity contribution in [2.45, 2.75) is 20.4 Å². The minimum Gasteiger partial charge on any atom is -0.493 e. The number of aromatic amines is 1. The van der Waals surface area contributed by atoms with Gasteiger partial charge in [-0.2, -0.15) is 0 Å². The Labute approximate surface area is 172 Å². The molecule has 0 aliphatic rings. The maximum atomic E-state index is 12.6. The average molecular weight is 413 g/mol. The van der Waals surface area contributed by atoms with Crippen molar-refractivity contribution in [3.05, 3.63) is 56.3 Å². The molecule has 0 spiro atoms. The van der Waals surface area contributed by atoms with Gasteiger partial charge < -0.3 is 19.4 Å². The van der Waals surface area contributed by atoms with Crippen molar-refractivity contribution in [2.75, 3.05) is 20.8 Å². The number of aromatic nitrogens is 2. The molecule has 0 radical (unpaired) electrons. The predicted molar refractivity (Wildman–Crippen MR) is 115 cm³/mol. The minimum atomic E-state index is -0.293. The number of methoxy groups -OCH3 is 2. The van der Waals surface area contributed by atoms with E-state index in [9.17, 15) is 9.59 Å². The number of likely N-dealkylation sites (N-methyl/N-ethyl adjacent to an activating group) is 1. The number of nitrogens with zero attached hydrogens (tertiary/aromatic N) is 2. The number of fused-ring (bicyclic) bond motifs is 1. The molecule has 1 aromatic carbocycles. The van der Waals surface area contributed by atoms with Gasteiger partial charge >= 0.3 is 0 Å². The lowest BCUT2D eigenvalue weighted by atomic mass is 10.2. The molecular weight excluding hydrogens is 390 g/mol. The molecule has 0 fully saturated rings. The van der Waals surface area contributed by atoms with E-state index in [1.165, 1.54) is 19.1 Å². The Morgan fingerprint density at radius 1 is 1.24 bits per heavy atom. The normalized spacial score (nSPS) is 11.2. The Morgan fingerprint density at radius 2 is 1.97 bits per heavy atom. The van der Waals surface area contributed by atoms with E-state index in [2.05, 4.69) is 9.97 Å². The Kier molecular flexibility index (Phi) is 6.33. The number of hydrogen-bond donors (Lipinski definition) is 1. The van der Waals surface area contributed by atoms with Crippen LogP contribution in [0.4, 0.5) is 0 Å². The molecule has 0 atom stereocenters. The van der Waals surface area contributed by atoms with Crippen LogP contribution in [0.1, 0.15) is 22.5 Å². The van der Waals surface area contributed by atoms with Gasteiger partial charge in [0.05, 0.1) is 31.7 Å². The van der Waals surface area contributed by atoms with Gasteiger partial charge in [0.2, 0.25) is 5.91 Å². The summed E-state index contributed by atoms with van der Waals surface area (Å²) < 4.78 is 10.5. The molecule has 0 aliphatic carbocycles. The van der Waals surface area contributed by atoms with E-state index < -0.39 is 0 Å². The molecule has 0 saturated carbocycles. The van der Waals surface area contributed by atoms with Crippen molar-refractivity contribution in [3.63, 3.8) is 0 Å². The summed E-state index contributed by atoms with van der Waals surface area (Å²) in [7, 11) is 3.03. The summed E-state index contributed by atoms with van der Waals surface area (Å²) in [6.45, 7) is 4.59. The molecular formula is C21H23N3O4S. The Bertz CT molecular complexity index is 1120. The number of aryl methyl sites for hydroxylation is 1. The number of nitrogens with one attached hydrogen (secondary N) is 1. The summed E-state index contributed by atoms with van der Waals surface area (Å²) in [4.78, 5) is 36.2. The predicted octanol–water partition coefficient (Wildman–Crippen LogP) is 3.37. The summed E-state index contributed by atoms with van der Waals surface area (Å²) in [5.41, 5.74) is 0.188. The highest BCUT2D eigenvalue weighted by Crippen LogP contribution is 2.30. The molecule has 0 saturated heterocycles. The van der Waals surface area contributed by atoms with Gasteiger partial charge in [-0.1, -0.05) is 0 Å². The summed E-state index contributed by atoms with van der Waals surface area (Å²) in [6, 6.07) is 7.24. The van der Waals surface area contributed by atoms with Crippen molar-refractivity contribution >= 4 is 34.2 Å². The molecule has 3 aromatic rings. The van der Waals surface area contributed by atoms with Crippen LogP contribution in [0.5, 0.6) is 11.5 Å². The van der Waals surface area contributed by atoms with Crippen LogP contribution in [-0.4, -0.2) is 41.5 Å². The second-order valence-electron chi connectivity index (χ2n) is 6.37. The van der Waals surface area contributed by atoms with E-state index in [1.54, 1.807) is 40.5 Å². The zero-order chi connectivity index (χ0) is 21.0. The number of benzene rings is 1. The highest BCUT2D eigenvalue weighted by atomic mass is 32.1. The van der Waals surface area contributed by atoms with Crippen LogP contribution in [0, 0.1) is 6.92 Å². The molecule has 1 N–H and O–H groups in total. The Balaban J connectivity index is 1.86. The maximum Gasteiger partial charge on any atom is 0.258 e. The number of rotatable bonds is 7. The van der Waals surface area contributed by atoms with Crippen LogP contribution < -0.4 is 15.0 Å². The largest absolute Gasteiger partial charge is 0.493 e. The molecule has 1 amide bonds. The molecule has 0 unspecified atom stereocenters. The van der Waals surface area contributed by atoms with Gasteiger partial charge in [-0.05, 0) is 38.1 Å². The number of carbonyl (C=O) groups is 1. The van der Waals surface area contributed by atoms with Crippen molar-refractivity contribution in [1.82, 2.24) is 14.9 Å². The molecule has 3 rings (SSSR count). The van der Waals surface area contributed by atoms with Crippen LogP contribution in [-0.2, 0) is 11.3 Å². The van der Waals surface area contributed by atoms with Crippen molar-refractivity contribution in [1.29, 1.82) is 0 Å². The van der Waals surface area contributed by atoms with Gasteiger partial charge in [-0.15, -0.1) is 11.3 Å². The second-order valence-corrected chi connectivity index (χ2v) is 7.69. The standard InChI is InChI=1S/C21H23N3O4S/c1-5-24(20(25)9-8-14-7-6-13(2)29-14)12-19-22-16-11-18(28-4)17(27-3)10-15(16)21(26)23-19/h6-11H,5,12H2,1-4H3,(H,22,23,26)/b9-8+. The first-order valence-electron chi connectivity index (χ1n) is 9.13. The van der Waals surface area contributed by atoms with Gasteiger partial charge in [0.1, 0.15) is 5.82 Å².